The number of rotatable bonds is 54. The van der Waals surface area contributed by atoms with Gasteiger partial charge < -0.3 is 96.8 Å². The molecule has 1 aliphatic heterocycles. The molecule has 1 fully saturated rings. The van der Waals surface area contributed by atoms with Crippen LogP contribution in [-0.4, -0.2) is 267 Å². The van der Waals surface area contributed by atoms with Crippen molar-refractivity contribution in [3.05, 3.63) is 41.0 Å². The Labute approximate surface area is 487 Å². The number of nitrogens with zero attached hydrogens (tertiary/aromatic N) is 2. The maximum atomic E-state index is 13.9. The summed E-state index contributed by atoms with van der Waals surface area (Å²) in [5.41, 5.74) is 4.00. The Morgan fingerprint density at radius 2 is 0.951 bits per heavy atom. The number of aliphatic hydroxyl groups is 1. The summed E-state index contributed by atoms with van der Waals surface area (Å²) in [6.45, 7) is 19.7. The van der Waals surface area contributed by atoms with E-state index in [-0.39, 0.29) is 51.7 Å². The summed E-state index contributed by atoms with van der Waals surface area (Å²) in [5.74, 6) is -2.13. The van der Waals surface area contributed by atoms with E-state index in [2.05, 4.69) is 15.6 Å². The van der Waals surface area contributed by atoms with Crippen molar-refractivity contribution in [1.29, 1.82) is 0 Å². The summed E-state index contributed by atoms with van der Waals surface area (Å²) in [5, 5.41) is 24.8. The number of carboxylic acid groups (broad SMARTS) is 1. The predicted molar refractivity (Wildman–Crippen MR) is 301 cm³/mol. The number of aromatic nitrogens is 1. The summed E-state index contributed by atoms with van der Waals surface area (Å²) >= 11 is 1.57. The third kappa shape index (κ3) is 36.1. The minimum atomic E-state index is -0.967. The maximum Gasteiger partial charge on any atom is 0.303 e. The Hall–Kier alpha value is -3.91. The number of hydrogen-bond acceptors (Lipinski definition) is 22. The van der Waals surface area contributed by atoms with Crippen molar-refractivity contribution in [1.82, 2.24) is 20.5 Å². The van der Waals surface area contributed by atoms with Crippen LogP contribution >= 0.6 is 11.3 Å². The smallest absolute Gasteiger partial charge is 0.303 e. The van der Waals surface area contributed by atoms with Gasteiger partial charge in [-0.15, -0.1) is 11.3 Å². The molecular weight excluding hydrogens is 1100 g/mol. The summed E-state index contributed by atoms with van der Waals surface area (Å²) < 4.78 is 82.3. The van der Waals surface area contributed by atoms with Crippen LogP contribution in [0.25, 0.3) is 10.4 Å². The number of nitrogens with one attached hydrogen (secondary N) is 2. The number of amides is 3. The molecule has 470 valence electrons. The predicted octanol–water partition coefficient (Wildman–Crippen LogP) is 2.34. The van der Waals surface area contributed by atoms with Gasteiger partial charge in [0.1, 0.15) is 18.7 Å². The van der Waals surface area contributed by atoms with Gasteiger partial charge in [0, 0.05) is 32.5 Å². The van der Waals surface area contributed by atoms with E-state index in [4.69, 9.17) is 76.2 Å². The van der Waals surface area contributed by atoms with E-state index in [9.17, 15) is 24.3 Å². The van der Waals surface area contributed by atoms with Gasteiger partial charge >= 0.3 is 5.97 Å². The molecule has 0 spiro atoms. The van der Waals surface area contributed by atoms with Crippen molar-refractivity contribution < 1.29 is 100 Å². The number of benzene rings is 1. The summed E-state index contributed by atoms with van der Waals surface area (Å²) in [7, 11) is 0. The topological polar surface area (TPSA) is 287 Å². The van der Waals surface area contributed by atoms with E-state index < -0.39 is 41.4 Å². The number of thiazole rings is 1. The number of carbonyl (C=O) groups is 4. The molecule has 0 radical (unpaired) electrons. The van der Waals surface area contributed by atoms with Crippen LogP contribution in [0.15, 0.2) is 29.8 Å². The first-order valence-corrected chi connectivity index (χ1v) is 29.2. The van der Waals surface area contributed by atoms with Gasteiger partial charge in [-0.3, -0.25) is 19.2 Å². The zero-order valence-electron chi connectivity index (χ0n) is 48.8. The van der Waals surface area contributed by atoms with E-state index in [0.717, 1.165) is 21.7 Å². The second-order valence-corrected chi connectivity index (χ2v) is 20.4. The molecule has 1 saturated heterocycles. The van der Waals surface area contributed by atoms with E-state index in [1.165, 1.54) is 4.90 Å². The van der Waals surface area contributed by atoms with Gasteiger partial charge in [0.15, 0.2) is 0 Å². The molecule has 0 bridgehead atoms. The zero-order valence-corrected chi connectivity index (χ0v) is 49.6. The fourth-order valence-electron chi connectivity index (χ4n) is 7.55. The second kappa shape index (κ2) is 47.3. The van der Waals surface area contributed by atoms with Gasteiger partial charge in [0.2, 0.25) is 17.7 Å². The number of β-amino-alcohol motifs (C(OH)–C–C–N with tert-alkyl or cyclic N) is 1. The average molecular weight is 1190 g/mol. The van der Waals surface area contributed by atoms with Crippen LogP contribution in [0, 0.1) is 12.3 Å². The van der Waals surface area contributed by atoms with Crippen LogP contribution in [0.4, 0.5) is 0 Å². The van der Waals surface area contributed by atoms with Crippen LogP contribution in [0.5, 0.6) is 0 Å². The number of hydrogen-bond donors (Lipinski definition) is 4. The zero-order chi connectivity index (χ0) is 59.1. The van der Waals surface area contributed by atoms with Crippen molar-refractivity contribution in [3.63, 3.8) is 0 Å². The second-order valence-electron chi connectivity index (χ2n) is 19.6. The third-order valence-corrected chi connectivity index (χ3v) is 12.8. The molecule has 4 N–H and O–H groups in total. The molecule has 2 aromatic rings. The normalized spacial score (nSPS) is 14.9. The lowest BCUT2D eigenvalue weighted by Crippen LogP contribution is -2.58. The largest absolute Gasteiger partial charge is 0.481 e. The number of aliphatic carboxylic acids is 1. The molecule has 2 heterocycles. The first kappa shape index (κ1) is 72.3. The molecule has 26 heteroatoms. The quantitative estimate of drug-likeness (QED) is 0.0692. The first-order valence-electron chi connectivity index (χ1n) is 28.3. The van der Waals surface area contributed by atoms with Crippen LogP contribution in [0.1, 0.15) is 51.3 Å². The first-order chi connectivity index (χ1) is 39.9. The lowest BCUT2D eigenvalue weighted by Gasteiger charge is -2.35. The highest BCUT2D eigenvalue weighted by Crippen LogP contribution is 2.28. The van der Waals surface area contributed by atoms with E-state index in [1.807, 2.05) is 57.5 Å². The molecule has 25 nitrogen and oxygen atoms in total. The number of carbonyl (C=O) groups excluding carboxylic acids is 3. The number of carboxylic acids is 1. The number of aliphatic hydroxyl groups excluding tert-OH is 1. The molecule has 3 rings (SSSR count). The standard InChI is InChI=1S/C56H94N4O21S/c1-45-52(82-44-58-45)47-9-7-46(8-10-47)41-57-54(65)49-40-48(61)42-60(49)55(66)53(56(2,3)4)59-50(62)43-81-39-38-80-37-36-79-35-34-78-33-32-77-31-30-76-29-28-75-27-26-74-25-24-73-23-22-72-21-20-71-19-18-70-17-16-69-15-14-68-13-12-67-11-5-6-51(63)64/h7-10,44,48-49,53,61H,5-6,11-43H2,1-4H3,(H,57,65)(H,59,62)(H,63,64). The van der Waals surface area contributed by atoms with Gasteiger partial charge in [-0.25, -0.2) is 4.98 Å². The molecule has 1 aromatic carbocycles. The highest BCUT2D eigenvalue weighted by molar-refractivity contribution is 7.13. The molecule has 1 aliphatic rings. The van der Waals surface area contributed by atoms with Gasteiger partial charge in [-0.2, -0.15) is 0 Å². The summed E-state index contributed by atoms with van der Waals surface area (Å²) in [4.78, 5) is 57.4. The number of aryl methyl sites for hydroxylation is 1. The van der Waals surface area contributed by atoms with E-state index in [1.54, 1.807) is 11.3 Å². The molecule has 3 amide bonds. The Morgan fingerprint density at radius 1 is 0.585 bits per heavy atom. The third-order valence-electron chi connectivity index (χ3n) is 11.8. The molecule has 0 saturated carbocycles. The Kier molecular flexibility index (Phi) is 41.8. The van der Waals surface area contributed by atoms with E-state index >= 15 is 0 Å². The van der Waals surface area contributed by atoms with Crippen LogP contribution in [-0.2, 0) is 96.8 Å². The highest BCUT2D eigenvalue weighted by atomic mass is 32.1. The highest BCUT2D eigenvalue weighted by Gasteiger charge is 2.44. The molecule has 82 heavy (non-hydrogen) atoms. The molecule has 0 aliphatic carbocycles. The van der Waals surface area contributed by atoms with Crippen molar-refractivity contribution in [2.24, 2.45) is 5.41 Å². The minimum absolute atomic E-state index is 0.0196. The number of ether oxygens (including phenoxy) is 15. The monoisotopic (exact) mass is 1190 g/mol. The molecule has 3 unspecified atom stereocenters. The van der Waals surface area contributed by atoms with Crippen LogP contribution in [0.3, 0.4) is 0 Å². The Balaban J connectivity index is 1.00. The van der Waals surface area contributed by atoms with Crippen molar-refractivity contribution in [3.8, 4) is 10.4 Å². The van der Waals surface area contributed by atoms with Gasteiger partial charge in [-0.1, -0.05) is 45.0 Å². The van der Waals surface area contributed by atoms with Crippen molar-refractivity contribution in [2.45, 2.75) is 71.7 Å². The lowest BCUT2D eigenvalue weighted by atomic mass is 9.85. The fourth-order valence-corrected chi connectivity index (χ4v) is 8.36. The molecular formula is C56H94N4O21S. The van der Waals surface area contributed by atoms with E-state index in [0.29, 0.717) is 185 Å². The van der Waals surface area contributed by atoms with Crippen molar-refractivity contribution >= 4 is 35.0 Å². The Bertz CT molecular complexity index is 1930. The van der Waals surface area contributed by atoms with Crippen LogP contribution in [0.2, 0.25) is 0 Å². The van der Waals surface area contributed by atoms with Crippen molar-refractivity contribution in [2.75, 3.05) is 205 Å². The lowest BCUT2D eigenvalue weighted by molar-refractivity contribution is -0.144. The van der Waals surface area contributed by atoms with Gasteiger partial charge in [-0.05, 0) is 29.9 Å². The van der Waals surface area contributed by atoms with Gasteiger partial charge in [0.25, 0.3) is 0 Å². The Morgan fingerprint density at radius 3 is 1.29 bits per heavy atom. The maximum absolute atomic E-state index is 13.9. The van der Waals surface area contributed by atoms with Crippen LogP contribution < -0.4 is 10.6 Å². The minimum Gasteiger partial charge on any atom is -0.481 e. The summed E-state index contributed by atoms with van der Waals surface area (Å²) in [6, 6.07) is 6.00. The SMILES string of the molecule is Cc1ncsc1-c1ccc(CNC(=O)C2CC(O)CN2C(=O)C(NC(=O)COCCOCCOCCOCCOCCOCCOCCOCCOCCOCCOCCOCCOCCOCCOCCCC(=O)O)C(C)(C)C)cc1. The molecule has 3 atom stereocenters. The average Bonchev–Trinajstić information content (AvgIpc) is 4.16. The summed E-state index contributed by atoms with van der Waals surface area (Å²) in [6.07, 6.45) is -0.179. The fraction of sp³-hybridized carbons (Fsp3) is 0.768. The molecule has 1 aromatic heterocycles. The van der Waals surface area contributed by atoms with Gasteiger partial charge in [0.05, 0.1) is 207 Å². The number of likely N-dealkylation sites (tertiary alicyclic amines) is 1.